The van der Waals surface area contributed by atoms with Crippen molar-refractivity contribution < 1.29 is 23.8 Å². The molecule has 3 saturated heterocycles. The summed E-state index contributed by atoms with van der Waals surface area (Å²) in [5, 5.41) is 0. The number of ketones is 2. The predicted octanol–water partition coefficient (Wildman–Crippen LogP) is 1.90. The molecule has 1 unspecified atom stereocenters. The molecule has 0 saturated carbocycles. The molecule has 0 aromatic carbocycles. The van der Waals surface area contributed by atoms with Crippen molar-refractivity contribution in [1.29, 1.82) is 0 Å². The Balaban J connectivity index is 0.000000154. The van der Waals surface area contributed by atoms with Crippen LogP contribution < -0.4 is 0 Å². The molecule has 20 heavy (non-hydrogen) atoms. The van der Waals surface area contributed by atoms with Crippen LogP contribution in [0.3, 0.4) is 0 Å². The van der Waals surface area contributed by atoms with Crippen LogP contribution in [0.5, 0.6) is 0 Å². The van der Waals surface area contributed by atoms with E-state index >= 15 is 0 Å². The molecule has 0 radical (unpaired) electrons. The molecule has 3 heterocycles. The standard InChI is InChI=1S/C5H7BrO2.C5H8O2.C4H8O/c6-4-3-8-2-1-5(4)7;6-5-1-3-7-4-2-5;1-2-4-5-3-1/h4H,1-3H2;1-4H2;1-4H2. The number of Topliss-reactive ketones (excluding diaryl/α,β-unsaturated/α-hetero) is 2. The number of ether oxygens (including phenoxy) is 3. The Morgan fingerprint density at radius 2 is 1.35 bits per heavy atom. The Morgan fingerprint density at radius 3 is 1.65 bits per heavy atom. The van der Waals surface area contributed by atoms with Crippen LogP contribution in [0.15, 0.2) is 0 Å². The van der Waals surface area contributed by atoms with Crippen LogP contribution in [-0.2, 0) is 23.8 Å². The van der Waals surface area contributed by atoms with Crippen LogP contribution in [0.4, 0.5) is 0 Å². The van der Waals surface area contributed by atoms with Gasteiger partial charge < -0.3 is 14.2 Å². The summed E-state index contributed by atoms with van der Waals surface area (Å²) >= 11 is 3.18. The number of hydrogen-bond acceptors (Lipinski definition) is 5. The molecule has 3 fully saturated rings. The van der Waals surface area contributed by atoms with E-state index < -0.39 is 0 Å². The second-order valence-electron chi connectivity index (χ2n) is 4.73. The summed E-state index contributed by atoms with van der Waals surface area (Å²) in [4.78, 5) is 21.0. The summed E-state index contributed by atoms with van der Waals surface area (Å²) in [6.45, 7) is 4.41. The minimum absolute atomic E-state index is 0.0451. The molecule has 5 nitrogen and oxygen atoms in total. The molecule has 0 bridgehead atoms. The highest BCUT2D eigenvalue weighted by molar-refractivity contribution is 9.10. The SMILES string of the molecule is C1CCOC1.O=C1CCOCC1.O=C1CCOCC1Br. The van der Waals surface area contributed by atoms with Gasteiger partial charge in [-0.1, -0.05) is 15.9 Å². The predicted molar refractivity (Wildman–Crippen MR) is 78.3 cm³/mol. The van der Waals surface area contributed by atoms with Gasteiger partial charge in [0.1, 0.15) is 5.78 Å². The first kappa shape index (κ1) is 17.8. The van der Waals surface area contributed by atoms with E-state index in [1.165, 1.54) is 12.8 Å². The number of alkyl halides is 1. The van der Waals surface area contributed by atoms with Crippen molar-refractivity contribution in [2.75, 3.05) is 39.6 Å². The maximum absolute atomic E-state index is 10.7. The number of halogens is 1. The topological polar surface area (TPSA) is 61.8 Å². The smallest absolute Gasteiger partial charge is 0.151 e. The summed E-state index contributed by atoms with van der Waals surface area (Å²) in [5.74, 6) is 0.600. The van der Waals surface area contributed by atoms with Crippen LogP contribution in [0.25, 0.3) is 0 Å². The van der Waals surface area contributed by atoms with Crippen molar-refractivity contribution in [3.8, 4) is 0 Å². The number of carbonyl (C=O) groups excluding carboxylic acids is 2. The van der Waals surface area contributed by atoms with Gasteiger partial charge >= 0.3 is 0 Å². The summed E-state index contributed by atoms with van der Waals surface area (Å²) in [5.41, 5.74) is 0. The van der Waals surface area contributed by atoms with Gasteiger partial charge in [0.05, 0.1) is 31.3 Å². The lowest BCUT2D eigenvalue weighted by Crippen LogP contribution is -2.27. The normalized spacial score (nSPS) is 26.1. The van der Waals surface area contributed by atoms with Crippen molar-refractivity contribution >= 4 is 27.5 Å². The highest BCUT2D eigenvalue weighted by Crippen LogP contribution is 2.09. The number of hydrogen-bond donors (Lipinski definition) is 0. The van der Waals surface area contributed by atoms with Gasteiger partial charge in [-0.05, 0) is 12.8 Å². The molecular weight excluding hydrogens is 328 g/mol. The summed E-state index contributed by atoms with van der Waals surface area (Å²) in [7, 11) is 0. The van der Waals surface area contributed by atoms with Crippen LogP contribution in [0.2, 0.25) is 0 Å². The summed E-state index contributed by atoms with van der Waals surface area (Å²) < 4.78 is 14.8. The first-order valence-corrected chi connectivity index (χ1v) is 8.03. The first-order valence-electron chi connectivity index (χ1n) is 7.12. The van der Waals surface area contributed by atoms with E-state index in [1.807, 2.05) is 0 Å². The molecule has 0 spiro atoms. The zero-order chi connectivity index (χ0) is 14.6. The van der Waals surface area contributed by atoms with Crippen LogP contribution in [0.1, 0.15) is 32.1 Å². The Kier molecular flexibility index (Phi) is 10.1. The average molecular weight is 351 g/mol. The number of carbonyl (C=O) groups is 2. The summed E-state index contributed by atoms with van der Waals surface area (Å²) in [6.07, 6.45) is 4.37. The molecule has 0 amide bonds. The van der Waals surface area contributed by atoms with Gasteiger partial charge in [0, 0.05) is 32.5 Å². The van der Waals surface area contributed by atoms with E-state index in [1.54, 1.807) is 0 Å². The monoisotopic (exact) mass is 350 g/mol. The maximum atomic E-state index is 10.7. The van der Waals surface area contributed by atoms with E-state index in [4.69, 9.17) is 14.2 Å². The van der Waals surface area contributed by atoms with E-state index in [9.17, 15) is 9.59 Å². The van der Waals surface area contributed by atoms with Gasteiger partial charge in [-0.25, -0.2) is 0 Å². The Labute approximate surface area is 128 Å². The lowest BCUT2D eigenvalue weighted by Gasteiger charge is -2.14. The third-order valence-electron chi connectivity index (χ3n) is 2.98. The first-order chi connectivity index (χ1) is 9.70. The van der Waals surface area contributed by atoms with E-state index in [-0.39, 0.29) is 10.6 Å². The third kappa shape index (κ3) is 8.79. The van der Waals surface area contributed by atoms with E-state index in [0.29, 0.717) is 51.5 Å². The van der Waals surface area contributed by atoms with Crippen molar-refractivity contribution in [2.24, 2.45) is 0 Å². The molecule has 0 aliphatic carbocycles. The zero-order valence-corrected chi connectivity index (χ0v) is 13.4. The van der Waals surface area contributed by atoms with E-state index in [2.05, 4.69) is 15.9 Å². The van der Waals surface area contributed by atoms with Crippen molar-refractivity contribution in [3.63, 3.8) is 0 Å². The summed E-state index contributed by atoms with van der Waals surface area (Å²) in [6, 6.07) is 0. The molecule has 0 N–H and O–H groups in total. The Morgan fingerprint density at radius 1 is 0.800 bits per heavy atom. The van der Waals surface area contributed by atoms with Crippen LogP contribution in [0, 0.1) is 0 Å². The molecule has 0 aromatic rings. The third-order valence-corrected chi connectivity index (χ3v) is 3.76. The average Bonchev–Trinajstić information content (AvgIpc) is 3.03. The minimum atomic E-state index is -0.0451. The quantitative estimate of drug-likeness (QED) is 0.624. The fourth-order valence-electron chi connectivity index (χ4n) is 1.72. The minimum Gasteiger partial charge on any atom is -0.381 e. The van der Waals surface area contributed by atoms with Crippen molar-refractivity contribution in [1.82, 2.24) is 0 Å². The lowest BCUT2D eigenvalue weighted by atomic mass is 10.2. The van der Waals surface area contributed by atoms with E-state index in [0.717, 1.165) is 13.2 Å². The molecule has 1 atom stereocenters. The van der Waals surface area contributed by atoms with Crippen molar-refractivity contribution in [2.45, 2.75) is 36.9 Å². The largest absolute Gasteiger partial charge is 0.381 e. The second-order valence-corrected chi connectivity index (χ2v) is 5.83. The zero-order valence-electron chi connectivity index (χ0n) is 11.8. The van der Waals surface area contributed by atoms with Gasteiger partial charge in [-0.2, -0.15) is 0 Å². The number of rotatable bonds is 0. The molecule has 3 aliphatic heterocycles. The Bertz CT molecular complexity index is 276. The van der Waals surface area contributed by atoms with Gasteiger partial charge in [0.15, 0.2) is 5.78 Å². The Hall–Kier alpha value is -0.300. The highest BCUT2D eigenvalue weighted by Gasteiger charge is 2.18. The molecule has 6 heteroatoms. The molecule has 116 valence electrons. The molecule has 3 aliphatic rings. The second kappa shape index (κ2) is 11.4. The fraction of sp³-hybridized carbons (Fsp3) is 0.857. The van der Waals surface area contributed by atoms with Crippen LogP contribution in [-0.4, -0.2) is 56.0 Å². The van der Waals surface area contributed by atoms with Gasteiger partial charge in [0.25, 0.3) is 0 Å². The van der Waals surface area contributed by atoms with Gasteiger partial charge in [-0.15, -0.1) is 0 Å². The van der Waals surface area contributed by atoms with Crippen LogP contribution >= 0.6 is 15.9 Å². The van der Waals surface area contributed by atoms with Gasteiger partial charge in [-0.3, -0.25) is 9.59 Å². The highest BCUT2D eigenvalue weighted by atomic mass is 79.9. The molecule has 0 aromatic heterocycles. The van der Waals surface area contributed by atoms with Gasteiger partial charge in [0.2, 0.25) is 0 Å². The lowest BCUT2D eigenvalue weighted by molar-refractivity contribution is -0.124. The maximum Gasteiger partial charge on any atom is 0.151 e. The fourth-order valence-corrected chi connectivity index (χ4v) is 2.13. The molecule has 3 rings (SSSR count). The van der Waals surface area contributed by atoms with Crippen molar-refractivity contribution in [3.05, 3.63) is 0 Å². The molecular formula is C14H23BrO5.